The first-order valence-electron chi connectivity index (χ1n) is 4.95. The number of hydrogen-bond donors (Lipinski definition) is 2. The van der Waals surface area contributed by atoms with Gasteiger partial charge in [-0.1, -0.05) is 11.6 Å². The Morgan fingerprint density at radius 1 is 1.62 bits per heavy atom. The molecule has 1 saturated heterocycles. The van der Waals surface area contributed by atoms with Crippen LogP contribution in [-0.4, -0.2) is 23.2 Å². The van der Waals surface area contributed by atoms with Crippen LogP contribution in [0.2, 0.25) is 5.15 Å². The molecule has 1 fully saturated rings. The Balaban J connectivity index is 2.28. The number of anilines is 2. The summed E-state index contributed by atoms with van der Waals surface area (Å²) in [6.45, 7) is 0.649. The molecule has 16 heavy (non-hydrogen) atoms. The number of nitrogens with zero attached hydrogens (tertiary/aromatic N) is 2. The maximum Gasteiger partial charge on any atom is 0.227 e. The van der Waals surface area contributed by atoms with Crippen molar-refractivity contribution < 1.29 is 4.79 Å². The van der Waals surface area contributed by atoms with Crippen molar-refractivity contribution in [2.45, 2.75) is 6.42 Å². The van der Waals surface area contributed by atoms with Gasteiger partial charge in [-0.05, 0) is 23.8 Å². The Hall–Kier alpha value is -0.940. The SMILES string of the molecule is Nc1nc(Cl)ccc1N1CC(CS)CC1=O. The predicted molar refractivity (Wildman–Crippen MR) is 68.0 cm³/mol. The number of amides is 1. The topological polar surface area (TPSA) is 59.2 Å². The zero-order valence-electron chi connectivity index (χ0n) is 8.56. The van der Waals surface area contributed by atoms with E-state index in [4.69, 9.17) is 17.3 Å². The Labute approximate surface area is 104 Å². The minimum atomic E-state index is 0.0647. The number of carbonyl (C=O) groups excluding carboxylic acids is 1. The van der Waals surface area contributed by atoms with Crippen molar-refractivity contribution in [2.24, 2.45) is 5.92 Å². The van der Waals surface area contributed by atoms with Crippen LogP contribution in [0, 0.1) is 5.92 Å². The van der Waals surface area contributed by atoms with E-state index in [1.165, 1.54) is 0 Å². The van der Waals surface area contributed by atoms with Crippen molar-refractivity contribution in [1.82, 2.24) is 4.98 Å². The molecule has 4 nitrogen and oxygen atoms in total. The van der Waals surface area contributed by atoms with Crippen molar-refractivity contribution in [3.63, 3.8) is 0 Å². The average Bonchev–Trinajstić information content (AvgIpc) is 2.60. The Bertz CT molecular complexity index is 427. The predicted octanol–water partition coefficient (Wildman–Crippen LogP) is 1.60. The van der Waals surface area contributed by atoms with E-state index in [-0.39, 0.29) is 11.8 Å². The van der Waals surface area contributed by atoms with Gasteiger partial charge in [0.25, 0.3) is 0 Å². The lowest BCUT2D eigenvalue weighted by Gasteiger charge is -2.17. The van der Waals surface area contributed by atoms with E-state index in [1.54, 1.807) is 17.0 Å². The first-order chi connectivity index (χ1) is 7.61. The zero-order valence-corrected chi connectivity index (χ0v) is 10.2. The third kappa shape index (κ3) is 2.10. The highest BCUT2D eigenvalue weighted by atomic mass is 35.5. The summed E-state index contributed by atoms with van der Waals surface area (Å²) >= 11 is 9.91. The van der Waals surface area contributed by atoms with Gasteiger partial charge in [-0.15, -0.1) is 0 Å². The van der Waals surface area contributed by atoms with Crippen molar-refractivity contribution >= 4 is 41.6 Å². The molecule has 1 aliphatic heterocycles. The van der Waals surface area contributed by atoms with Gasteiger partial charge in [0.15, 0.2) is 0 Å². The number of nitrogens with two attached hydrogens (primary N) is 1. The van der Waals surface area contributed by atoms with Gasteiger partial charge in [-0.3, -0.25) is 4.79 Å². The summed E-state index contributed by atoms with van der Waals surface area (Å²) in [6.07, 6.45) is 0.519. The second kappa shape index (κ2) is 4.51. The van der Waals surface area contributed by atoms with Crippen LogP contribution in [-0.2, 0) is 4.79 Å². The van der Waals surface area contributed by atoms with Gasteiger partial charge in [0.1, 0.15) is 11.0 Å². The second-order valence-corrected chi connectivity index (χ2v) is 4.55. The molecule has 0 aromatic carbocycles. The van der Waals surface area contributed by atoms with Crippen molar-refractivity contribution in [2.75, 3.05) is 22.9 Å². The first kappa shape index (κ1) is 11.5. The van der Waals surface area contributed by atoms with Crippen LogP contribution >= 0.6 is 24.2 Å². The van der Waals surface area contributed by atoms with Crippen LogP contribution in [0.1, 0.15) is 6.42 Å². The number of pyridine rings is 1. The van der Waals surface area contributed by atoms with E-state index in [1.807, 2.05) is 0 Å². The van der Waals surface area contributed by atoms with E-state index in [0.717, 1.165) is 0 Å². The van der Waals surface area contributed by atoms with E-state index in [0.29, 0.717) is 35.4 Å². The van der Waals surface area contributed by atoms with Crippen LogP contribution in [0.15, 0.2) is 12.1 Å². The molecule has 2 rings (SSSR count). The first-order valence-corrected chi connectivity index (χ1v) is 5.96. The lowest BCUT2D eigenvalue weighted by atomic mass is 10.1. The fourth-order valence-electron chi connectivity index (χ4n) is 1.81. The van der Waals surface area contributed by atoms with E-state index in [2.05, 4.69) is 17.6 Å². The minimum Gasteiger partial charge on any atom is -0.382 e. The van der Waals surface area contributed by atoms with Gasteiger partial charge < -0.3 is 10.6 Å². The summed E-state index contributed by atoms with van der Waals surface area (Å²) < 4.78 is 0. The second-order valence-electron chi connectivity index (χ2n) is 3.80. The maximum absolute atomic E-state index is 11.8. The van der Waals surface area contributed by atoms with Gasteiger partial charge in [0.05, 0.1) is 5.69 Å². The lowest BCUT2D eigenvalue weighted by Crippen LogP contribution is -2.25. The average molecular weight is 258 g/mol. The highest BCUT2D eigenvalue weighted by molar-refractivity contribution is 7.80. The van der Waals surface area contributed by atoms with Crippen LogP contribution in [0.25, 0.3) is 0 Å². The summed E-state index contributed by atoms with van der Waals surface area (Å²) in [4.78, 5) is 17.3. The highest BCUT2D eigenvalue weighted by Crippen LogP contribution is 2.29. The van der Waals surface area contributed by atoms with Crippen LogP contribution in [0.5, 0.6) is 0 Å². The number of rotatable bonds is 2. The van der Waals surface area contributed by atoms with Crippen molar-refractivity contribution in [1.29, 1.82) is 0 Å². The summed E-state index contributed by atoms with van der Waals surface area (Å²) in [5.41, 5.74) is 6.38. The molecule has 0 bridgehead atoms. The molecule has 1 amide bonds. The van der Waals surface area contributed by atoms with Crippen LogP contribution in [0.3, 0.4) is 0 Å². The lowest BCUT2D eigenvalue weighted by molar-refractivity contribution is -0.117. The summed E-state index contributed by atoms with van der Waals surface area (Å²) in [7, 11) is 0. The number of hydrogen-bond acceptors (Lipinski definition) is 4. The molecular formula is C10H12ClN3OS. The zero-order chi connectivity index (χ0) is 11.7. The van der Waals surface area contributed by atoms with Crippen LogP contribution < -0.4 is 10.6 Å². The summed E-state index contributed by atoms with van der Waals surface area (Å²) in [5, 5.41) is 0.332. The quantitative estimate of drug-likeness (QED) is 0.625. The molecule has 1 unspecified atom stereocenters. The number of carbonyl (C=O) groups is 1. The van der Waals surface area contributed by atoms with Crippen molar-refractivity contribution in [3.05, 3.63) is 17.3 Å². The molecule has 6 heteroatoms. The minimum absolute atomic E-state index is 0.0647. The molecule has 1 aromatic rings. The molecular weight excluding hydrogens is 246 g/mol. The highest BCUT2D eigenvalue weighted by Gasteiger charge is 2.30. The molecule has 0 radical (unpaired) electrons. The van der Waals surface area contributed by atoms with Crippen LogP contribution in [0.4, 0.5) is 11.5 Å². The summed E-state index contributed by atoms with van der Waals surface area (Å²) in [6, 6.07) is 3.36. The van der Waals surface area contributed by atoms with Gasteiger partial charge in [-0.2, -0.15) is 12.6 Å². The Morgan fingerprint density at radius 2 is 2.38 bits per heavy atom. The van der Waals surface area contributed by atoms with Gasteiger partial charge in [-0.25, -0.2) is 4.98 Å². The third-order valence-electron chi connectivity index (χ3n) is 2.62. The summed E-state index contributed by atoms with van der Waals surface area (Å²) in [5.74, 6) is 1.34. The largest absolute Gasteiger partial charge is 0.382 e. The smallest absolute Gasteiger partial charge is 0.227 e. The number of aromatic nitrogens is 1. The molecule has 1 atom stereocenters. The normalized spacial score (nSPS) is 20.5. The molecule has 2 N–H and O–H groups in total. The fourth-order valence-corrected chi connectivity index (χ4v) is 2.21. The van der Waals surface area contributed by atoms with Gasteiger partial charge >= 0.3 is 0 Å². The third-order valence-corrected chi connectivity index (χ3v) is 3.35. The molecule has 0 saturated carbocycles. The fraction of sp³-hybridized carbons (Fsp3) is 0.400. The van der Waals surface area contributed by atoms with Crippen molar-refractivity contribution in [3.8, 4) is 0 Å². The molecule has 0 spiro atoms. The maximum atomic E-state index is 11.8. The molecule has 1 aliphatic rings. The monoisotopic (exact) mass is 257 g/mol. The number of halogens is 1. The molecule has 86 valence electrons. The molecule has 2 heterocycles. The van der Waals surface area contributed by atoms with E-state index < -0.39 is 0 Å². The number of nitrogen functional groups attached to an aromatic ring is 1. The standard InChI is InChI=1S/C10H12ClN3OS/c11-8-2-1-7(10(12)13-8)14-4-6(5-16)3-9(14)15/h1-2,6,16H,3-5H2,(H2,12,13). The van der Waals surface area contributed by atoms with Gasteiger partial charge in [0.2, 0.25) is 5.91 Å². The Morgan fingerprint density at radius 3 is 2.94 bits per heavy atom. The van der Waals surface area contributed by atoms with E-state index in [9.17, 15) is 4.79 Å². The molecule has 1 aromatic heterocycles. The molecule has 0 aliphatic carbocycles. The number of thiol groups is 1. The van der Waals surface area contributed by atoms with Gasteiger partial charge in [0, 0.05) is 13.0 Å². The Kier molecular flexibility index (Phi) is 3.25. The van der Waals surface area contributed by atoms with E-state index >= 15 is 0 Å².